The highest BCUT2D eigenvalue weighted by molar-refractivity contribution is 9.10. The van der Waals surface area contributed by atoms with E-state index in [2.05, 4.69) is 26.5 Å². The Kier molecular flexibility index (Phi) is 4.69. The van der Waals surface area contributed by atoms with Crippen molar-refractivity contribution in [3.63, 3.8) is 0 Å². The topological polar surface area (TPSA) is 85.5 Å². The molecular formula is C15H10BrN3O2. The molecule has 0 aliphatic carbocycles. The van der Waals surface area contributed by atoms with Gasteiger partial charge >= 0.3 is 0 Å². The van der Waals surface area contributed by atoms with Crippen LogP contribution in [0.4, 0.5) is 0 Å². The van der Waals surface area contributed by atoms with Gasteiger partial charge in [0.2, 0.25) is 0 Å². The summed E-state index contributed by atoms with van der Waals surface area (Å²) in [6.45, 7) is 0. The molecule has 0 spiro atoms. The van der Waals surface area contributed by atoms with E-state index in [1.807, 2.05) is 12.1 Å². The second-order valence-electron chi connectivity index (χ2n) is 4.07. The molecule has 0 saturated carbocycles. The zero-order chi connectivity index (χ0) is 15.2. The third-order valence-electron chi connectivity index (χ3n) is 2.63. The van der Waals surface area contributed by atoms with Crippen LogP contribution in [-0.4, -0.2) is 17.2 Å². The average molecular weight is 344 g/mol. The molecule has 5 nitrogen and oxygen atoms in total. The van der Waals surface area contributed by atoms with Crippen molar-refractivity contribution < 1.29 is 9.90 Å². The summed E-state index contributed by atoms with van der Waals surface area (Å²) in [6.07, 6.45) is 1.28. The number of hydrazone groups is 1. The largest absolute Gasteiger partial charge is 0.506 e. The van der Waals surface area contributed by atoms with Crippen LogP contribution in [-0.2, 0) is 0 Å². The third-order valence-corrected chi connectivity index (χ3v) is 3.23. The normalized spacial score (nSPS) is 10.3. The number of hydrogen-bond acceptors (Lipinski definition) is 4. The number of carbonyl (C=O) groups excluding carboxylic acids is 1. The first-order chi connectivity index (χ1) is 10.1. The maximum atomic E-state index is 11.8. The van der Waals surface area contributed by atoms with Crippen LogP contribution in [0.3, 0.4) is 0 Å². The van der Waals surface area contributed by atoms with Crippen LogP contribution in [0.25, 0.3) is 0 Å². The lowest BCUT2D eigenvalue weighted by atomic mass is 10.1. The Morgan fingerprint density at radius 1 is 1.33 bits per heavy atom. The minimum absolute atomic E-state index is 0.0493. The van der Waals surface area contributed by atoms with E-state index in [-0.39, 0.29) is 11.7 Å². The molecule has 2 aromatic rings. The standard InChI is InChI=1S/C15H10BrN3O2/c16-13-7-10(8-17)6-12(14(13)20)9-18-19-15(21)11-4-2-1-3-5-11/h1-7,9,20H,(H,19,21)/b18-9+. The van der Waals surface area contributed by atoms with E-state index >= 15 is 0 Å². The summed E-state index contributed by atoms with van der Waals surface area (Å²) in [6, 6.07) is 13.6. The lowest BCUT2D eigenvalue weighted by molar-refractivity contribution is 0.0955. The summed E-state index contributed by atoms with van der Waals surface area (Å²) < 4.78 is 0.386. The van der Waals surface area contributed by atoms with Crippen LogP contribution in [0.1, 0.15) is 21.5 Å². The zero-order valence-corrected chi connectivity index (χ0v) is 12.3. The summed E-state index contributed by atoms with van der Waals surface area (Å²) in [4.78, 5) is 11.8. The van der Waals surface area contributed by atoms with Crippen LogP contribution < -0.4 is 5.43 Å². The third kappa shape index (κ3) is 3.68. The Morgan fingerprint density at radius 3 is 2.71 bits per heavy atom. The molecule has 0 unspecified atom stereocenters. The van der Waals surface area contributed by atoms with Crippen LogP contribution in [0.15, 0.2) is 52.0 Å². The number of phenolic OH excluding ortho intramolecular Hbond substituents is 1. The Balaban J connectivity index is 2.14. The molecule has 2 N–H and O–H groups in total. The molecule has 0 radical (unpaired) electrons. The quantitative estimate of drug-likeness (QED) is 0.663. The first-order valence-corrected chi connectivity index (χ1v) is 6.72. The second-order valence-corrected chi connectivity index (χ2v) is 4.93. The van der Waals surface area contributed by atoms with Crippen molar-refractivity contribution >= 4 is 28.1 Å². The fraction of sp³-hybridized carbons (Fsp3) is 0. The second kappa shape index (κ2) is 6.68. The molecule has 0 atom stereocenters. The molecule has 2 aromatic carbocycles. The van der Waals surface area contributed by atoms with Gasteiger partial charge in [0.1, 0.15) is 5.75 Å². The molecule has 2 rings (SSSR count). The van der Waals surface area contributed by atoms with Crippen molar-refractivity contribution in [1.29, 1.82) is 5.26 Å². The van der Waals surface area contributed by atoms with Crippen molar-refractivity contribution in [2.45, 2.75) is 0 Å². The molecule has 0 fully saturated rings. The van der Waals surface area contributed by atoms with Crippen LogP contribution in [0, 0.1) is 11.3 Å². The molecule has 1 amide bonds. The maximum Gasteiger partial charge on any atom is 0.271 e. The number of benzene rings is 2. The molecule has 0 heterocycles. The number of phenols is 1. The molecule has 104 valence electrons. The fourth-order valence-corrected chi connectivity index (χ4v) is 2.07. The van der Waals surface area contributed by atoms with Gasteiger partial charge < -0.3 is 5.11 Å². The smallest absolute Gasteiger partial charge is 0.271 e. The number of rotatable bonds is 3. The van der Waals surface area contributed by atoms with Gasteiger partial charge in [0.15, 0.2) is 0 Å². The van der Waals surface area contributed by atoms with E-state index in [9.17, 15) is 9.90 Å². The molecular weight excluding hydrogens is 334 g/mol. The van der Waals surface area contributed by atoms with Crippen molar-refractivity contribution in [3.8, 4) is 11.8 Å². The Hall–Kier alpha value is -2.65. The van der Waals surface area contributed by atoms with Crippen LogP contribution in [0.2, 0.25) is 0 Å². The highest BCUT2D eigenvalue weighted by Crippen LogP contribution is 2.28. The lowest BCUT2D eigenvalue weighted by Gasteiger charge is -2.03. The van der Waals surface area contributed by atoms with Gasteiger partial charge in [0, 0.05) is 11.1 Å². The molecule has 0 aliphatic heterocycles. The number of nitrogens with one attached hydrogen (secondary N) is 1. The first-order valence-electron chi connectivity index (χ1n) is 5.93. The van der Waals surface area contributed by atoms with E-state index in [0.29, 0.717) is 21.2 Å². The van der Waals surface area contributed by atoms with Gasteiger partial charge in [0.25, 0.3) is 5.91 Å². The van der Waals surface area contributed by atoms with Gasteiger partial charge in [-0.05, 0) is 40.2 Å². The number of hydrogen-bond donors (Lipinski definition) is 2. The average Bonchev–Trinajstić information content (AvgIpc) is 2.51. The Bertz CT molecular complexity index is 737. The summed E-state index contributed by atoms with van der Waals surface area (Å²) in [5.41, 5.74) is 3.53. The monoisotopic (exact) mass is 343 g/mol. The number of aromatic hydroxyl groups is 1. The predicted octanol–water partition coefficient (Wildman–Crippen LogP) is 2.79. The number of amides is 1. The number of halogens is 1. The Morgan fingerprint density at radius 2 is 2.05 bits per heavy atom. The van der Waals surface area contributed by atoms with Crippen molar-refractivity contribution in [3.05, 3.63) is 63.6 Å². The van der Waals surface area contributed by atoms with Crippen molar-refractivity contribution in [1.82, 2.24) is 5.43 Å². The number of nitriles is 1. The summed E-state index contributed by atoms with van der Waals surface area (Å²) >= 11 is 3.15. The SMILES string of the molecule is N#Cc1cc(Br)c(O)c(/C=N/NC(=O)c2ccccc2)c1. The molecule has 0 aliphatic rings. The number of nitrogens with zero attached hydrogens (tertiary/aromatic N) is 2. The van der Waals surface area contributed by atoms with E-state index in [4.69, 9.17) is 5.26 Å². The van der Waals surface area contributed by atoms with Gasteiger partial charge in [0.05, 0.1) is 22.3 Å². The van der Waals surface area contributed by atoms with Gasteiger partial charge in [-0.2, -0.15) is 10.4 Å². The predicted molar refractivity (Wildman–Crippen MR) is 82.0 cm³/mol. The summed E-state index contributed by atoms with van der Waals surface area (Å²) in [5.74, 6) is -0.409. The summed E-state index contributed by atoms with van der Waals surface area (Å²) in [5, 5.41) is 22.5. The van der Waals surface area contributed by atoms with E-state index in [1.165, 1.54) is 18.3 Å². The zero-order valence-electron chi connectivity index (χ0n) is 10.7. The molecule has 0 bridgehead atoms. The van der Waals surface area contributed by atoms with Crippen LogP contribution >= 0.6 is 15.9 Å². The van der Waals surface area contributed by atoms with Gasteiger partial charge in [-0.25, -0.2) is 5.43 Å². The maximum absolute atomic E-state index is 11.8. The Labute approximate surface area is 129 Å². The van der Waals surface area contributed by atoms with Gasteiger partial charge in [-0.3, -0.25) is 4.79 Å². The van der Waals surface area contributed by atoms with Crippen LogP contribution in [0.5, 0.6) is 5.75 Å². The van der Waals surface area contributed by atoms with Gasteiger partial charge in [-0.1, -0.05) is 18.2 Å². The minimum Gasteiger partial charge on any atom is -0.506 e. The van der Waals surface area contributed by atoms with E-state index in [0.717, 1.165) is 0 Å². The summed E-state index contributed by atoms with van der Waals surface area (Å²) in [7, 11) is 0. The molecule has 6 heteroatoms. The van der Waals surface area contributed by atoms with E-state index in [1.54, 1.807) is 24.3 Å². The lowest BCUT2D eigenvalue weighted by Crippen LogP contribution is -2.17. The highest BCUT2D eigenvalue weighted by Gasteiger charge is 2.07. The number of carbonyl (C=O) groups is 1. The van der Waals surface area contributed by atoms with E-state index < -0.39 is 0 Å². The van der Waals surface area contributed by atoms with Gasteiger partial charge in [-0.15, -0.1) is 0 Å². The van der Waals surface area contributed by atoms with Crippen molar-refractivity contribution in [2.75, 3.05) is 0 Å². The highest BCUT2D eigenvalue weighted by atomic mass is 79.9. The minimum atomic E-state index is -0.359. The molecule has 0 saturated heterocycles. The first kappa shape index (κ1) is 14.8. The molecule has 21 heavy (non-hydrogen) atoms. The van der Waals surface area contributed by atoms with Crippen molar-refractivity contribution in [2.24, 2.45) is 5.10 Å². The fourth-order valence-electron chi connectivity index (χ4n) is 1.60. The molecule has 0 aromatic heterocycles.